The second-order valence-electron chi connectivity index (χ2n) is 5.04. The second-order valence-corrected chi connectivity index (χ2v) is 5.04. The number of halogens is 1. The lowest BCUT2D eigenvalue weighted by Crippen LogP contribution is -2.27. The second kappa shape index (κ2) is 9.23. The molecular formula is C16H23ClN4O. The molecule has 1 atom stereocenters. The van der Waals surface area contributed by atoms with E-state index in [1.165, 1.54) is 0 Å². The van der Waals surface area contributed by atoms with Gasteiger partial charge in [0.15, 0.2) is 0 Å². The number of amides is 1. The van der Waals surface area contributed by atoms with Crippen molar-refractivity contribution >= 4 is 18.3 Å². The van der Waals surface area contributed by atoms with Crippen molar-refractivity contribution in [3.8, 4) is 5.69 Å². The molecule has 22 heavy (non-hydrogen) atoms. The third-order valence-corrected chi connectivity index (χ3v) is 3.37. The number of carbonyl (C=O) groups excluding carboxylic acids is 1. The summed E-state index contributed by atoms with van der Waals surface area (Å²) >= 11 is 0. The Morgan fingerprint density at radius 3 is 2.64 bits per heavy atom. The molecular weight excluding hydrogens is 300 g/mol. The molecule has 0 saturated heterocycles. The first kappa shape index (κ1) is 18.2. The average molecular weight is 323 g/mol. The summed E-state index contributed by atoms with van der Waals surface area (Å²) in [5.74, 6) is 0.0916. The van der Waals surface area contributed by atoms with Crippen LogP contribution in [0.2, 0.25) is 0 Å². The van der Waals surface area contributed by atoms with E-state index in [1.807, 2.05) is 55.2 Å². The maximum Gasteiger partial charge on any atom is 0.220 e. The molecule has 1 aromatic carbocycles. The Morgan fingerprint density at radius 2 is 2.05 bits per heavy atom. The van der Waals surface area contributed by atoms with Crippen molar-refractivity contribution in [3.05, 3.63) is 48.3 Å². The Labute approximate surface area is 137 Å². The molecule has 0 spiro atoms. The molecule has 1 aromatic heterocycles. The zero-order valence-corrected chi connectivity index (χ0v) is 13.8. The smallest absolute Gasteiger partial charge is 0.220 e. The standard InChI is InChI=1S/C16H22N4O.ClH/c1-13(19-16(21)5-3-10-17-2)14-6-8-15(9-7-14)20-12-4-11-18-20;/h4,6-9,11-13,17H,3,5,10H2,1-2H3,(H,19,21);1H. The fraction of sp³-hybridized carbons (Fsp3) is 0.375. The van der Waals surface area contributed by atoms with Crippen LogP contribution in [-0.2, 0) is 4.79 Å². The molecule has 0 radical (unpaired) electrons. The molecule has 2 rings (SSSR count). The lowest BCUT2D eigenvalue weighted by atomic mass is 10.1. The van der Waals surface area contributed by atoms with Crippen molar-refractivity contribution in [1.29, 1.82) is 0 Å². The van der Waals surface area contributed by atoms with Crippen LogP contribution >= 0.6 is 12.4 Å². The summed E-state index contributed by atoms with van der Waals surface area (Å²) in [5, 5.41) is 10.3. The van der Waals surface area contributed by atoms with E-state index in [1.54, 1.807) is 6.20 Å². The fourth-order valence-corrected chi connectivity index (χ4v) is 2.16. The summed E-state index contributed by atoms with van der Waals surface area (Å²) in [6.45, 7) is 2.86. The van der Waals surface area contributed by atoms with Gasteiger partial charge in [0.05, 0.1) is 11.7 Å². The highest BCUT2D eigenvalue weighted by molar-refractivity contribution is 5.85. The van der Waals surface area contributed by atoms with Gasteiger partial charge in [-0.2, -0.15) is 5.10 Å². The van der Waals surface area contributed by atoms with E-state index < -0.39 is 0 Å². The quantitative estimate of drug-likeness (QED) is 0.770. The minimum atomic E-state index is 0. The fourth-order valence-electron chi connectivity index (χ4n) is 2.16. The normalized spacial score (nSPS) is 11.5. The van der Waals surface area contributed by atoms with Gasteiger partial charge in [0.2, 0.25) is 5.91 Å². The number of hydrogen-bond donors (Lipinski definition) is 2. The molecule has 5 nitrogen and oxygen atoms in total. The number of aromatic nitrogens is 2. The largest absolute Gasteiger partial charge is 0.350 e. The van der Waals surface area contributed by atoms with Crippen molar-refractivity contribution in [1.82, 2.24) is 20.4 Å². The molecule has 6 heteroatoms. The minimum Gasteiger partial charge on any atom is -0.350 e. The van der Waals surface area contributed by atoms with Gasteiger partial charge in [-0.3, -0.25) is 4.79 Å². The van der Waals surface area contributed by atoms with Gasteiger partial charge >= 0.3 is 0 Å². The summed E-state index contributed by atoms with van der Waals surface area (Å²) in [6, 6.07) is 9.96. The molecule has 0 aliphatic heterocycles. The number of nitrogens with one attached hydrogen (secondary N) is 2. The van der Waals surface area contributed by atoms with Crippen LogP contribution in [0.4, 0.5) is 0 Å². The topological polar surface area (TPSA) is 59.0 Å². The van der Waals surface area contributed by atoms with E-state index in [4.69, 9.17) is 0 Å². The number of carbonyl (C=O) groups is 1. The molecule has 0 bridgehead atoms. The van der Waals surface area contributed by atoms with E-state index >= 15 is 0 Å². The van der Waals surface area contributed by atoms with E-state index in [0.29, 0.717) is 6.42 Å². The minimum absolute atomic E-state index is 0. The Hall–Kier alpha value is -1.85. The van der Waals surface area contributed by atoms with Gasteiger partial charge in [0.25, 0.3) is 0 Å². The van der Waals surface area contributed by atoms with Crippen LogP contribution in [0, 0.1) is 0 Å². The van der Waals surface area contributed by atoms with Gasteiger partial charge in [-0.05, 0) is 50.7 Å². The van der Waals surface area contributed by atoms with Crippen LogP contribution in [0.15, 0.2) is 42.7 Å². The van der Waals surface area contributed by atoms with Gasteiger partial charge in [0, 0.05) is 18.8 Å². The Balaban J connectivity index is 0.00000242. The predicted octanol–water partition coefficient (Wildman–Crippen LogP) is 2.47. The number of nitrogens with zero attached hydrogens (tertiary/aromatic N) is 2. The maximum atomic E-state index is 11.8. The summed E-state index contributed by atoms with van der Waals surface area (Å²) in [5.41, 5.74) is 2.10. The van der Waals surface area contributed by atoms with Crippen molar-refractivity contribution in [2.75, 3.05) is 13.6 Å². The van der Waals surface area contributed by atoms with Gasteiger partial charge in [-0.25, -0.2) is 4.68 Å². The highest BCUT2D eigenvalue weighted by atomic mass is 35.5. The first-order chi connectivity index (χ1) is 10.2. The molecule has 0 fully saturated rings. The predicted molar refractivity (Wildman–Crippen MR) is 90.5 cm³/mol. The zero-order valence-electron chi connectivity index (χ0n) is 13.0. The van der Waals surface area contributed by atoms with Crippen molar-refractivity contribution in [2.24, 2.45) is 0 Å². The summed E-state index contributed by atoms with van der Waals surface area (Å²) in [6.07, 6.45) is 5.06. The van der Waals surface area contributed by atoms with Gasteiger partial charge in [-0.15, -0.1) is 12.4 Å². The number of rotatable bonds is 7. The monoisotopic (exact) mass is 322 g/mol. The maximum absolute atomic E-state index is 11.8. The first-order valence-electron chi connectivity index (χ1n) is 7.24. The third-order valence-electron chi connectivity index (χ3n) is 3.37. The van der Waals surface area contributed by atoms with E-state index in [-0.39, 0.29) is 24.4 Å². The van der Waals surface area contributed by atoms with Crippen LogP contribution in [0.3, 0.4) is 0 Å². The van der Waals surface area contributed by atoms with Crippen LogP contribution in [0.25, 0.3) is 5.69 Å². The molecule has 1 heterocycles. The molecule has 0 aliphatic carbocycles. The van der Waals surface area contributed by atoms with Crippen LogP contribution in [0.5, 0.6) is 0 Å². The molecule has 2 aromatic rings. The molecule has 2 N–H and O–H groups in total. The summed E-state index contributed by atoms with van der Waals surface area (Å²) in [7, 11) is 1.89. The molecule has 120 valence electrons. The SMILES string of the molecule is CNCCCC(=O)NC(C)c1ccc(-n2cccn2)cc1.Cl. The third kappa shape index (κ3) is 5.16. The van der Waals surface area contributed by atoms with E-state index in [9.17, 15) is 4.79 Å². The van der Waals surface area contributed by atoms with Crippen LogP contribution in [0.1, 0.15) is 31.4 Å². The van der Waals surface area contributed by atoms with Crippen molar-refractivity contribution < 1.29 is 4.79 Å². The van der Waals surface area contributed by atoms with Crippen LogP contribution < -0.4 is 10.6 Å². The van der Waals surface area contributed by atoms with Crippen LogP contribution in [-0.4, -0.2) is 29.3 Å². The lowest BCUT2D eigenvalue weighted by Gasteiger charge is -2.15. The molecule has 0 saturated carbocycles. The molecule has 0 aliphatic rings. The van der Waals surface area contributed by atoms with E-state index in [2.05, 4.69) is 15.7 Å². The highest BCUT2D eigenvalue weighted by Gasteiger charge is 2.09. The lowest BCUT2D eigenvalue weighted by molar-refractivity contribution is -0.121. The number of benzene rings is 1. The highest BCUT2D eigenvalue weighted by Crippen LogP contribution is 2.15. The van der Waals surface area contributed by atoms with E-state index in [0.717, 1.165) is 24.2 Å². The summed E-state index contributed by atoms with van der Waals surface area (Å²) in [4.78, 5) is 11.8. The van der Waals surface area contributed by atoms with Crippen molar-refractivity contribution in [2.45, 2.75) is 25.8 Å². The molecule has 1 unspecified atom stereocenters. The van der Waals surface area contributed by atoms with Gasteiger partial charge in [0.1, 0.15) is 0 Å². The van der Waals surface area contributed by atoms with Crippen molar-refractivity contribution in [3.63, 3.8) is 0 Å². The average Bonchev–Trinajstić information content (AvgIpc) is 3.02. The Bertz CT molecular complexity index is 554. The van der Waals surface area contributed by atoms with Gasteiger partial charge < -0.3 is 10.6 Å². The first-order valence-corrected chi connectivity index (χ1v) is 7.24. The summed E-state index contributed by atoms with van der Waals surface area (Å²) < 4.78 is 1.81. The van der Waals surface area contributed by atoms with Gasteiger partial charge in [-0.1, -0.05) is 12.1 Å². The zero-order chi connectivity index (χ0) is 15.1. The molecule has 1 amide bonds. The Kier molecular flexibility index (Phi) is 7.63. The Morgan fingerprint density at radius 1 is 1.32 bits per heavy atom. The number of hydrogen-bond acceptors (Lipinski definition) is 3.